The lowest BCUT2D eigenvalue weighted by Crippen LogP contribution is -2.27. The van der Waals surface area contributed by atoms with Gasteiger partial charge in [-0.1, -0.05) is 42.5 Å². The van der Waals surface area contributed by atoms with Gasteiger partial charge in [0.25, 0.3) is 5.91 Å². The van der Waals surface area contributed by atoms with Crippen LogP contribution in [-0.4, -0.2) is 10.9 Å². The van der Waals surface area contributed by atoms with E-state index in [1.54, 1.807) is 12.3 Å². The van der Waals surface area contributed by atoms with Gasteiger partial charge in [0.05, 0.1) is 6.04 Å². The number of rotatable bonds is 5. The van der Waals surface area contributed by atoms with Gasteiger partial charge in [0.1, 0.15) is 5.69 Å². The van der Waals surface area contributed by atoms with Crippen LogP contribution in [0.1, 0.15) is 40.1 Å². The molecule has 0 radical (unpaired) electrons. The molecule has 0 bridgehead atoms. The molecule has 3 rings (SSSR count). The van der Waals surface area contributed by atoms with Crippen LogP contribution in [0.5, 0.6) is 0 Å². The summed E-state index contributed by atoms with van der Waals surface area (Å²) in [5, 5.41) is 6.37. The van der Waals surface area contributed by atoms with Crippen molar-refractivity contribution in [2.75, 3.05) is 5.32 Å². The maximum Gasteiger partial charge on any atom is 0.270 e. The van der Waals surface area contributed by atoms with E-state index in [1.165, 1.54) is 5.56 Å². The van der Waals surface area contributed by atoms with Crippen LogP contribution in [0.4, 0.5) is 11.4 Å². The van der Waals surface area contributed by atoms with E-state index in [0.29, 0.717) is 5.69 Å². The average Bonchev–Trinajstić information content (AvgIpc) is 2.65. The summed E-state index contributed by atoms with van der Waals surface area (Å²) in [4.78, 5) is 16.8. The van der Waals surface area contributed by atoms with Crippen molar-refractivity contribution < 1.29 is 4.79 Å². The molecule has 1 atom stereocenters. The van der Waals surface area contributed by atoms with E-state index in [9.17, 15) is 4.79 Å². The fourth-order valence-electron chi connectivity index (χ4n) is 2.75. The Balaban J connectivity index is 1.74. The Labute approximate surface area is 154 Å². The van der Waals surface area contributed by atoms with Gasteiger partial charge in [-0.15, -0.1) is 0 Å². The van der Waals surface area contributed by atoms with Crippen molar-refractivity contribution in [1.82, 2.24) is 10.3 Å². The number of carbonyl (C=O) groups excluding carboxylic acids is 1. The third kappa shape index (κ3) is 4.28. The van der Waals surface area contributed by atoms with Gasteiger partial charge in [-0.05, 0) is 55.7 Å². The molecule has 2 aromatic carbocycles. The molecule has 0 saturated heterocycles. The van der Waals surface area contributed by atoms with Gasteiger partial charge in [0.2, 0.25) is 0 Å². The number of hydrogen-bond acceptors (Lipinski definition) is 3. The highest BCUT2D eigenvalue weighted by Gasteiger charge is 2.13. The van der Waals surface area contributed by atoms with Crippen molar-refractivity contribution in [2.24, 2.45) is 0 Å². The zero-order chi connectivity index (χ0) is 18.5. The van der Waals surface area contributed by atoms with Crippen LogP contribution in [0.15, 0.2) is 66.9 Å². The van der Waals surface area contributed by atoms with Gasteiger partial charge in [-0.2, -0.15) is 0 Å². The highest BCUT2D eigenvalue weighted by molar-refractivity contribution is 5.93. The Hall–Kier alpha value is -3.14. The van der Waals surface area contributed by atoms with Crippen molar-refractivity contribution in [3.8, 4) is 0 Å². The van der Waals surface area contributed by atoms with Gasteiger partial charge in [-0.3, -0.25) is 9.78 Å². The summed E-state index contributed by atoms with van der Waals surface area (Å²) in [7, 11) is 0. The second-order valence-corrected chi connectivity index (χ2v) is 6.48. The lowest BCUT2D eigenvalue weighted by molar-refractivity contribution is 0.0935. The third-order valence-corrected chi connectivity index (χ3v) is 4.31. The minimum atomic E-state index is -0.189. The molecule has 0 aliphatic heterocycles. The van der Waals surface area contributed by atoms with Crippen molar-refractivity contribution in [3.05, 3.63) is 89.2 Å². The molecule has 3 aromatic rings. The number of carbonyl (C=O) groups is 1. The predicted molar refractivity (Wildman–Crippen MR) is 106 cm³/mol. The largest absolute Gasteiger partial charge is 0.355 e. The molecule has 0 aliphatic rings. The number of pyridine rings is 1. The normalized spacial score (nSPS) is 11.7. The van der Waals surface area contributed by atoms with Crippen molar-refractivity contribution in [1.29, 1.82) is 0 Å². The standard InChI is InChI=1S/C22H23N3O/c1-15-9-10-16(2)20(13-15)25-19-11-12-23-21(14-19)22(26)24-17(3)18-7-5-4-6-8-18/h4-14,17H,1-3H3,(H,23,25)(H,24,26). The molecule has 1 amide bonds. The summed E-state index contributed by atoms with van der Waals surface area (Å²) in [6, 6.07) is 19.7. The van der Waals surface area contributed by atoms with E-state index in [-0.39, 0.29) is 11.9 Å². The smallest absolute Gasteiger partial charge is 0.270 e. The van der Waals surface area contributed by atoms with Gasteiger partial charge in [-0.25, -0.2) is 0 Å². The Morgan fingerprint density at radius 1 is 1.00 bits per heavy atom. The second kappa shape index (κ2) is 7.83. The Morgan fingerprint density at radius 2 is 1.77 bits per heavy atom. The van der Waals surface area contributed by atoms with Crippen LogP contribution < -0.4 is 10.6 Å². The van der Waals surface area contributed by atoms with Crippen LogP contribution in [0.2, 0.25) is 0 Å². The molecule has 1 unspecified atom stereocenters. The number of amides is 1. The van der Waals surface area contributed by atoms with E-state index >= 15 is 0 Å². The molecule has 2 N–H and O–H groups in total. The van der Waals surface area contributed by atoms with Gasteiger partial charge < -0.3 is 10.6 Å². The predicted octanol–water partition coefficient (Wildman–Crippen LogP) is 4.93. The maximum atomic E-state index is 12.6. The van der Waals surface area contributed by atoms with E-state index in [4.69, 9.17) is 0 Å². The molecule has 0 aliphatic carbocycles. The first kappa shape index (κ1) is 17.7. The number of benzene rings is 2. The fourth-order valence-corrected chi connectivity index (χ4v) is 2.75. The topological polar surface area (TPSA) is 54.0 Å². The molecular weight excluding hydrogens is 322 g/mol. The highest BCUT2D eigenvalue weighted by Crippen LogP contribution is 2.22. The first-order chi connectivity index (χ1) is 12.5. The summed E-state index contributed by atoms with van der Waals surface area (Å²) in [5.74, 6) is -0.189. The fraction of sp³-hybridized carbons (Fsp3) is 0.182. The summed E-state index contributed by atoms with van der Waals surface area (Å²) in [6.45, 7) is 6.07. The first-order valence-electron chi connectivity index (χ1n) is 8.69. The second-order valence-electron chi connectivity index (χ2n) is 6.48. The Bertz CT molecular complexity index is 906. The van der Waals surface area contributed by atoms with Crippen molar-refractivity contribution in [2.45, 2.75) is 26.8 Å². The molecule has 0 saturated carbocycles. The monoisotopic (exact) mass is 345 g/mol. The lowest BCUT2D eigenvalue weighted by atomic mass is 10.1. The molecule has 4 nitrogen and oxygen atoms in total. The first-order valence-corrected chi connectivity index (χ1v) is 8.69. The minimum Gasteiger partial charge on any atom is -0.355 e. The number of hydrogen-bond donors (Lipinski definition) is 2. The molecule has 1 aromatic heterocycles. The summed E-state index contributed by atoms with van der Waals surface area (Å²) >= 11 is 0. The zero-order valence-corrected chi connectivity index (χ0v) is 15.3. The quantitative estimate of drug-likeness (QED) is 0.689. The summed E-state index contributed by atoms with van der Waals surface area (Å²) < 4.78 is 0. The van der Waals surface area contributed by atoms with Crippen LogP contribution in [-0.2, 0) is 0 Å². The third-order valence-electron chi connectivity index (χ3n) is 4.31. The summed E-state index contributed by atoms with van der Waals surface area (Å²) in [5.41, 5.74) is 5.65. The van der Waals surface area contributed by atoms with Crippen LogP contribution in [0, 0.1) is 13.8 Å². The number of anilines is 2. The number of aromatic nitrogens is 1. The maximum absolute atomic E-state index is 12.6. The molecule has 1 heterocycles. The zero-order valence-electron chi connectivity index (χ0n) is 15.3. The van der Waals surface area contributed by atoms with Gasteiger partial charge in [0.15, 0.2) is 0 Å². The van der Waals surface area contributed by atoms with E-state index in [0.717, 1.165) is 22.5 Å². The van der Waals surface area contributed by atoms with E-state index in [2.05, 4.69) is 47.7 Å². The minimum absolute atomic E-state index is 0.0823. The molecule has 26 heavy (non-hydrogen) atoms. The summed E-state index contributed by atoms with van der Waals surface area (Å²) in [6.07, 6.45) is 1.65. The lowest BCUT2D eigenvalue weighted by Gasteiger charge is -2.15. The molecular formula is C22H23N3O. The molecule has 0 fully saturated rings. The van der Waals surface area contributed by atoms with Crippen molar-refractivity contribution in [3.63, 3.8) is 0 Å². The highest BCUT2D eigenvalue weighted by atomic mass is 16.1. The SMILES string of the molecule is Cc1ccc(C)c(Nc2ccnc(C(=O)NC(C)c3ccccc3)c2)c1. The number of nitrogens with zero attached hydrogens (tertiary/aromatic N) is 1. The Morgan fingerprint density at radius 3 is 2.54 bits per heavy atom. The molecule has 132 valence electrons. The van der Waals surface area contributed by atoms with E-state index in [1.807, 2.05) is 43.3 Å². The van der Waals surface area contributed by atoms with Crippen LogP contribution >= 0.6 is 0 Å². The average molecular weight is 345 g/mol. The Kier molecular flexibility index (Phi) is 5.32. The number of aryl methyl sites for hydroxylation is 2. The number of nitrogens with one attached hydrogen (secondary N) is 2. The van der Waals surface area contributed by atoms with Crippen molar-refractivity contribution >= 4 is 17.3 Å². The van der Waals surface area contributed by atoms with Gasteiger partial charge in [0, 0.05) is 17.6 Å². The van der Waals surface area contributed by atoms with E-state index < -0.39 is 0 Å². The molecule has 0 spiro atoms. The molecule has 4 heteroatoms. The van der Waals surface area contributed by atoms with Gasteiger partial charge >= 0.3 is 0 Å². The van der Waals surface area contributed by atoms with Crippen LogP contribution in [0.3, 0.4) is 0 Å². The van der Waals surface area contributed by atoms with Crippen LogP contribution in [0.25, 0.3) is 0 Å².